The molecule has 1 atom stereocenters. The van der Waals surface area contributed by atoms with Gasteiger partial charge in [0.25, 0.3) is 0 Å². The van der Waals surface area contributed by atoms with E-state index in [0.717, 1.165) is 5.56 Å². The fourth-order valence-corrected chi connectivity index (χ4v) is 3.13. The average Bonchev–Trinajstić information content (AvgIpc) is 2.68. The average molecular weight is 280 g/mol. The van der Waals surface area contributed by atoms with Crippen molar-refractivity contribution in [1.82, 2.24) is 4.98 Å². The Labute approximate surface area is 116 Å². The lowest BCUT2D eigenvalue weighted by Crippen LogP contribution is -2.26. The number of aryl methyl sites for hydroxylation is 1. The van der Waals surface area contributed by atoms with Gasteiger partial charge in [0.1, 0.15) is 5.69 Å². The van der Waals surface area contributed by atoms with Crippen molar-refractivity contribution in [3.63, 3.8) is 0 Å². The van der Waals surface area contributed by atoms with Crippen molar-refractivity contribution < 1.29 is 14.3 Å². The van der Waals surface area contributed by atoms with Gasteiger partial charge in [0, 0.05) is 31.3 Å². The summed E-state index contributed by atoms with van der Waals surface area (Å²) in [5, 5.41) is 0.0452. The molecule has 0 bridgehead atoms. The summed E-state index contributed by atoms with van der Waals surface area (Å²) in [5.41, 5.74) is 1.65. The lowest BCUT2D eigenvalue weighted by molar-refractivity contribution is -0.117. The lowest BCUT2D eigenvalue weighted by atomic mass is 10.2. The summed E-state index contributed by atoms with van der Waals surface area (Å²) in [7, 11) is 1.54. The van der Waals surface area contributed by atoms with Crippen molar-refractivity contribution in [3.8, 4) is 5.88 Å². The molecule has 1 unspecified atom stereocenters. The van der Waals surface area contributed by atoms with Crippen LogP contribution in [0.3, 0.4) is 0 Å². The Balaban J connectivity index is 2.28. The number of rotatable bonds is 3. The SMILES string of the molecule is COc1nccc(C)c1N1CC(SC(C)=O)CC1=O. The van der Waals surface area contributed by atoms with E-state index in [9.17, 15) is 9.59 Å². The smallest absolute Gasteiger partial charge is 0.237 e. The van der Waals surface area contributed by atoms with Gasteiger partial charge in [-0.3, -0.25) is 9.59 Å². The van der Waals surface area contributed by atoms with Gasteiger partial charge in [0.05, 0.1) is 7.11 Å². The van der Waals surface area contributed by atoms with Crippen molar-refractivity contribution in [2.75, 3.05) is 18.6 Å². The van der Waals surface area contributed by atoms with Crippen LogP contribution in [0.1, 0.15) is 18.9 Å². The minimum absolute atomic E-state index is 0.00755. The number of amides is 1. The number of pyridine rings is 1. The molecule has 6 heteroatoms. The van der Waals surface area contributed by atoms with Gasteiger partial charge in [-0.05, 0) is 18.6 Å². The molecule has 102 valence electrons. The summed E-state index contributed by atoms with van der Waals surface area (Å²) < 4.78 is 5.22. The van der Waals surface area contributed by atoms with Gasteiger partial charge in [-0.15, -0.1) is 0 Å². The van der Waals surface area contributed by atoms with Crippen molar-refractivity contribution in [2.24, 2.45) is 0 Å². The maximum absolute atomic E-state index is 12.1. The summed E-state index contributed by atoms with van der Waals surface area (Å²) in [6, 6.07) is 1.84. The molecule has 0 saturated carbocycles. The summed E-state index contributed by atoms with van der Waals surface area (Å²) in [6.45, 7) is 3.96. The van der Waals surface area contributed by atoms with Crippen LogP contribution in [0.5, 0.6) is 5.88 Å². The first-order chi connectivity index (χ1) is 9.02. The molecule has 1 saturated heterocycles. The molecule has 0 aromatic carbocycles. The minimum atomic E-state index is 0.00755. The summed E-state index contributed by atoms with van der Waals surface area (Å²) in [5.74, 6) is 0.454. The van der Waals surface area contributed by atoms with Gasteiger partial charge in [0.15, 0.2) is 5.12 Å². The van der Waals surface area contributed by atoms with Crippen molar-refractivity contribution in [3.05, 3.63) is 17.8 Å². The maximum atomic E-state index is 12.1. The third-order valence-corrected chi connectivity index (χ3v) is 3.96. The van der Waals surface area contributed by atoms with Crippen molar-refractivity contribution in [1.29, 1.82) is 0 Å². The van der Waals surface area contributed by atoms with Gasteiger partial charge in [-0.1, -0.05) is 11.8 Å². The van der Waals surface area contributed by atoms with E-state index in [1.54, 1.807) is 11.1 Å². The molecule has 1 aliphatic heterocycles. The largest absolute Gasteiger partial charge is 0.480 e. The number of carbonyl (C=O) groups excluding carboxylic acids is 2. The number of ether oxygens (including phenoxy) is 1. The van der Waals surface area contributed by atoms with Crippen LogP contribution >= 0.6 is 11.8 Å². The Morgan fingerprint density at radius 1 is 1.58 bits per heavy atom. The molecule has 1 aliphatic rings. The molecule has 2 heterocycles. The Bertz CT molecular complexity index is 519. The minimum Gasteiger partial charge on any atom is -0.480 e. The van der Waals surface area contributed by atoms with Crippen LogP contribution in [0, 0.1) is 6.92 Å². The van der Waals surface area contributed by atoms with E-state index in [4.69, 9.17) is 4.74 Å². The van der Waals surface area contributed by atoms with E-state index >= 15 is 0 Å². The quantitative estimate of drug-likeness (QED) is 0.844. The fraction of sp³-hybridized carbons (Fsp3) is 0.462. The van der Waals surface area contributed by atoms with E-state index in [-0.39, 0.29) is 16.3 Å². The molecule has 0 aliphatic carbocycles. The van der Waals surface area contributed by atoms with E-state index in [1.807, 2.05) is 13.0 Å². The van der Waals surface area contributed by atoms with Crippen molar-refractivity contribution >= 4 is 28.5 Å². The second-order valence-electron chi connectivity index (χ2n) is 4.43. The molecule has 1 aromatic rings. The standard InChI is InChI=1S/C13H16N2O3S/c1-8-4-5-14-13(18-3)12(8)15-7-10(6-11(15)17)19-9(2)16/h4-5,10H,6-7H2,1-3H3. The highest BCUT2D eigenvalue weighted by Gasteiger charge is 2.34. The van der Waals surface area contributed by atoms with Gasteiger partial charge >= 0.3 is 0 Å². The van der Waals surface area contributed by atoms with Gasteiger partial charge < -0.3 is 9.64 Å². The number of hydrogen-bond acceptors (Lipinski definition) is 5. The second kappa shape index (κ2) is 5.61. The number of aromatic nitrogens is 1. The number of nitrogens with zero attached hydrogens (tertiary/aromatic N) is 2. The Morgan fingerprint density at radius 3 is 2.95 bits per heavy atom. The molecule has 1 aromatic heterocycles. The van der Waals surface area contributed by atoms with E-state index in [2.05, 4.69) is 4.98 Å². The number of thioether (sulfide) groups is 1. The molecule has 19 heavy (non-hydrogen) atoms. The Morgan fingerprint density at radius 2 is 2.32 bits per heavy atom. The fourth-order valence-electron chi connectivity index (χ4n) is 2.21. The predicted octanol–water partition coefficient (Wildman–Crippen LogP) is 1.78. The van der Waals surface area contributed by atoms with E-state index in [0.29, 0.717) is 24.5 Å². The molecule has 1 amide bonds. The molecular weight excluding hydrogens is 264 g/mol. The topological polar surface area (TPSA) is 59.5 Å². The normalized spacial score (nSPS) is 18.8. The molecule has 0 radical (unpaired) electrons. The molecule has 5 nitrogen and oxygen atoms in total. The highest BCUT2D eigenvalue weighted by atomic mass is 32.2. The third kappa shape index (κ3) is 2.89. The number of carbonyl (C=O) groups is 2. The van der Waals surface area contributed by atoms with E-state index < -0.39 is 0 Å². The van der Waals surface area contributed by atoms with Crippen molar-refractivity contribution in [2.45, 2.75) is 25.5 Å². The monoisotopic (exact) mass is 280 g/mol. The highest BCUT2D eigenvalue weighted by molar-refractivity contribution is 8.14. The summed E-state index contributed by atoms with van der Waals surface area (Å²) >= 11 is 1.22. The van der Waals surface area contributed by atoms with E-state index in [1.165, 1.54) is 25.8 Å². The van der Waals surface area contributed by atoms with Gasteiger partial charge in [-0.2, -0.15) is 0 Å². The van der Waals surface area contributed by atoms with Crippen LogP contribution < -0.4 is 9.64 Å². The molecule has 0 N–H and O–H groups in total. The van der Waals surface area contributed by atoms with Crippen LogP contribution in [-0.4, -0.2) is 34.9 Å². The summed E-state index contributed by atoms with van der Waals surface area (Å²) in [6.07, 6.45) is 2.03. The van der Waals surface area contributed by atoms with Crippen LogP contribution in [0.15, 0.2) is 12.3 Å². The third-order valence-electron chi connectivity index (χ3n) is 2.98. The molecular formula is C13H16N2O3S. The zero-order valence-electron chi connectivity index (χ0n) is 11.2. The number of hydrogen-bond donors (Lipinski definition) is 0. The highest BCUT2D eigenvalue weighted by Crippen LogP contribution is 2.35. The van der Waals surface area contributed by atoms with Gasteiger partial charge in [0.2, 0.25) is 11.8 Å². The molecule has 0 spiro atoms. The zero-order valence-corrected chi connectivity index (χ0v) is 12.0. The molecule has 1 fully saturated rings. The maximum Gasteiger partial charge on any atom is 0.237 e. The number of anilines is 1. The van der Waals surface area contributed by atoms with Crippen LogP contribution in [0.25, 0.3) is 0 Å². The lowest BCUT2D eigenvalue weighted by Gasteiger charge is -2.20. The van der Waals surface area contributed by atoms with Crippen LogP contribution in [0.2, 0.25) is 0 Å². The first-order valence-electron chi connectivity index (χ1n) is 6.00. The second-order valence-corrected chi connectivity index (χ2v) is 5.90. The van der Waals surface area contributed by atoms with Gasteiger partial charge in [-0.25, -0.2) is 4.98 Å². The Hall–Kier alpha value is -1.56. The van der Waals surface area contributed by atoms with Crippen LogP contribution in [0.4, 0.5) is 5.69 Å². The number of methoxy groups -OCH3 is 1. The van der Waals surface area contributed by atoms with Crippen LogP contribution in [-0.2, 0) is 9.59 Å². The first kappa shape index (κ1) is 13.9. The Kier molecular flexibility index (Phi) is 4.09. The molecule has 2 rings (SSSR count). The predicted molar refractivity (Wildman–Crippen MR) is 74.6 cm³/mol. The summed E-state index contributed by atoms with van der Waals surface area (Å²) in [4.78, 5) is 29.0. The first-order valence-corrected chi connectivity index (χ1v) is 6.88. The zero-order chi connectivity index (χ0) is 14.0.